The Morgan fingerprint density at radius 3 is 2.73 bits per heavy atom. The number of allylic oxidation sites excluding steroid dienone is 1. The maximum atomic E-state index is 14.0. The molecule has 0 amide bonds. The van der Waals surface area contributed by atoms with Crippen LogP contribution in [0.4, 0.5) is 4.39 Å². The topological polar surface area (TPSA) is 88.2 Å². The molecule has 45 heavy (non-hydrogen) atoms. The third-order valence-electron chi connectivity index (χ3n) is 12.1. The van der Waals surface area contributed by atoms with Crippen molar-refractivity contribution in [3.63, 3.8) is 0 Å². The lowest BCUT2D eigenvalue weighted by molar-refractivity contribution is -0.177. The Labute approximate surface area is 266 Å². The van der Waals surface area contributed by atoms with Crippen LogP contribution in [0.1, 0.15) is 57.2 Å². The second kappa shape index (κ2) is 10.3. The van der Waals surface area contributed by atoms with Gasteiger partial charge in [-0.15, -0.1) is 0 Å². The van der Waals surface area contributed by atoms with Crippen LogP contribution in [-0.2, 0) is 11.2 Å². The number of aliphatic hydroxyl groups excluding tert-OH is 1. The number of aromatic nitrogens is 3. The van der Waals surface area contributed by atoms with E-state index in [2.05, 4.69) is 30.0 Å². The second-order valence-electron chi connectivity index (χ2n) is 14.2. The van der Waals surface area contributed by atoms with Crippen LogP contribution in [0.25, 0.3) is 22.5 Å². The number of nitrogens with zero attached hydrogens (tertiary/aromatic N) is 3. The van der Waals surface area contributed by atoms with Gasteiger partial charge < -0.3 is 10.2 Å². The first kappa shape index (κ1) is 29.1. The fourth-order valence-electron chi connectivity index (χ4n) is 9.90. The number of hydrogen-bond donors (Lipinski definition) is 2. The summed E-state index contributed by atoms with van der Waals surface area (Å²) in [5, 5.41) is 31.8. The molecule has 4 aliphatic rings. The summed E-state index contributed by atoms with van der Waals surface area (Å²) in [6.45, 7) is 4.35. The van der Waals surface area contributed by atoms with E-state index >= 15 is 0 Å². The number of benzene rings is 2. The molecule has 0 radical (unpaired) electrons. The fraction of sp³-hybridized carbons (Fsp3) is 0.432. The second-order valence-corrected chi connectivity index (χ2v) is 15.1. The summed E-state index contributed by atoms with van der Waals surface area (Å²) in [5.41, 5.74) is 1.89. The zero-order valence-corrected chi connectivity index (χ0v) is 26.4. The Kier molecular flexibility index (Phi) is 6.69. The Morgan fingerprint density at radius 1 is 1.11 bits per heavy atom. The van der Waals surface area contributed by atoms with Crippen molar-refractivity contribution in [1.29, 1.82) is 0 Å². The van der Waals surface area contributed by atoms with Crippen LogP contribution in [0.2, 0.25) is 0 Å². The molecule has 2 N–H and O–H groups in total. The molecule has 2 aromatic heterocycles. The van der Waals surface area contributed by atoms with Gasteiger partial charge in [0.25, 0.3) is 0 Å². The van der Waals surface area contributed by atoms with Crippen LogP contribution >= 0.6 is 11.8 Å². The number of halogens is 1. The molecule has 7 atom stereocenters. The predicted molar refractivity (Wildman–Crippen MR) is 173 cm³/mol. The molecule has 4 aliphatic carbocycles. The summed E-state index contributed by atoms with van der Waals surface area (Å²) >= 11 is 1.40. The highest BCUT2D eigenvalue weighted by Crippen LogP contribution is 2.67. The number of rotatable bonds is 5. The highest BCUT2D eigenvalue weighted by atomic mass is 32.2. The molecule has 0 bridgehead atoms. The lowest BCUT2D eigenvalue weighted by atomic mass is 9.45. The zero-order valence-electron chi connectivity index (χ0n) is 25.6. The number of carbonyl (C=O) groups excluding carboxylic acids is 1. The largest absolute Gasteiger partial charge is 0.393 e. The minimum atomic E-state index is -1.48. The Morgan fingerprint density at radius 2 is 1.91 bits per heavy atom. The first-order valence-electron chi connectivity index (χ1n) is 16.1. The molecule has 2 heterocycles. The standard InChI is InChI=1S/C37H38FN3O3S/c1-35-18-23-20-40-41(26-10-8-25(38)9-11-26)30(23)17-24(35)7-12-28-29-13-15-37(44,36(29,2)19-31(42)33(28)35)32(43)21-45-34-27-6-4-3-5-22(27)14-16-39-34/h3-6,8-11,14,16-17,20,28-29,31,33,42,44H,7,12-13,15,18-19,21H2,1-2H3/t28?,29?,31?,33?,35?,36?,37-/m0/s1. The maximum absolute atomic E-state index is 14.0. The number of carbonyl (C=O) groups is 1. The molecule has 2 aromatic carbocycles. The molecule has 3 fully saturated rings. The zero-order chi connectivity index (χ0) is 31.1. The van der Waals surface area contributed by atoms with E-state index in [-0.39, 0.29) is 40.5 Å². The highest BCUT2D eigenvalue weighted by molar-refractivity contribution is 8.00. The first-order chi connectivity index (χ1) is 21.6. The summed E-state index contributed by atoms with van der Waals surface area (Å²) in [4.78, 5) is 18.5. The molecule has 4 aromatic rings. The van der Waals surface area contributed by atoms with Crippen LogP contribution in [0, 0.1) is 34.4 Å². The van der Waals surface area contributed by atoms with Crippen molar-refractivity contribution in [2.75, 3.05) is 5.75 Å². The van der Waals surface area contributed by atoms with Crippen molar-refractivity contribution in [3.05, 3.63) is 89.6 Å². The molecule has 0 aliphatic heterocycles. The number of fused-ring (bicyclic) bond motifs is 7. The number of pyridine rings is 1. The van der Waals surface area contributed by atoms with E-state index < -0.39 is 17.1 Å². The summed E-state index contributed by atoms with van der Waals surface area (Å²) in [7, 11) is 0. The monoisotopic (exact) mass is 623 g/mol. The molecule has 0 saturated heterocycles. The Balaban J connectivity index is 1.05. The SMILES string of the molecule is CC12Cc3cnn(-c4ccc(F)cc4)c3C=C1CCC1C2C(O)CC2(C)C1CC[C@]2(O)C(=O)CSc1nccc2ccccc12. The molecule has 8 heteroatoms. The van der Waals surface area contributed by atoms with Gasteiger partial charge in [0.05, 0.1) is 29.4 Å². The fourth-order valence-corrected chi connectivity index (χ4v) is 10.9. The molecule has 6 unspecified atom stereocenters. The van der Waals surface area contributed by atoms with Gasteiger partial charge in [-0.2, -0.15) is 5.10 Å². The van der Waals surface area contributed by atoms with E-state index in [4.69, 9.17) is 0 Å². The lowest BCUT2D eigenvalue weighted by Gasteiger charge is -2.60. The first-order valence-corrected chi connectivity index (χ1v) is 17.1. The van der Waals surface area contributed by atoms with Gasteiger partial charge in [-0.05, 0) is 109 Å². The van der Waals surface area contributed by atoms with Gasteiger partial charge in [-0.3, -0.25) is 4.79 Å². The van der Waals surface area contributed by atoms with Crippen molar-refractivity contribution < 1.29 is 19.4 Å². The van der Waals surface area contributed by atoms with E-state index in [0.717, 1.165) is 58.4 Å². The predicted octanol–water partition coefficient (Wildman–Crippen LogP) is 6.81. The van der Waals surface area contributed by atoms with Crippen molar-refractivity contribution in [2.24, 2.45) is 28.6 Å². The molecule has 8 rings (SSSR count). The van der Waals surface area contributed by atoms with E-state index in [1.807, 2.05) is 41.2 Å². The minimum Gasteiger partial charge on any atom is -0.393 e. The summed E-state index contributed by atoms with van der Waals surface area (Å²) < 4.78 is 15.5. The van der Waals surface area contributed by atoms with Gasteiger partial charge >= 0.3 is 0 Å². The summed E-state index contributed by atoms with van der Waals surface area (Å²) in [6, 6.07) is 16.4. The lowest BCUT2D eigenvalue weighted by Crippen LogP contribution is -2.62. The quantitative estimate of drug-likeness (QED) is 0.238. The number of ketones is 1. The average Bonchev–Trinajstić information content (AvgIpc) is 3.55. The van der Waals surface area contributed by atoms with Crippen molar-refractivity contribution in [1.82, 2.24) is 14.8 Å². The molecular formula is C37H38FN3O3S. The van der Waals surface area contributed by atoms with Gasteiger partial charge in [0.15, 0.2) is 5.78 Å². The van der Waals surface area contributed by atoms with E-state index in [9.17, 15) is 19.4 Å². The Hall–Kier alpha value is -3.33. The van der Waals surface area contributed by atoms with E-state index in [1.165, 1.54) is 29.5 Å². The number of thioether (sulfide) groups is 1. The van der Waals surface area contributed by atoms with Crippen LogP contribution in [0.3, 0.4) is 0 Å². The third-order valence-corrected chi connectivity index (χ3v) is 13.1. The highest BCUT2D eigenvalue weighted by Gasteiger charge is 2.68. The average molecular weight is 624 g/mol. The number of aliphatic hydroxyl groups is 2. The van der Waals surface area contributed by atoms with E-state index in [1.54, 1.807) is 18.3 Å². The third kappa shape index (κ3) is 4.25. The minimum absolute atomic E-state index is 0.0320. The van der Waals surface area contributed by atoms with Crippen molar-refractivity contribution in [3.8, 4) is 5.69 Å². The van der Waals surface area contributed by atoms with Crippen LogP contribution in [-0.4, -0.2) is 48.2 Å². The van der Waals surface area contributed by atoms with Gasteiger partial charge in [-0.25, -0.2) is 14.1 Å². The van der Waals surface area contributed by atoms with Gasteiger partial charge in [0.1, 0.15) is 16.4 Å². The van der Waals surface area contributed by atoms with Crippen LogP contribution in [0.15, 0.2) is 77.6 Å². The van der Waals surface area contributed by atoms with Gasteiger partial charge in [-0.1, -0.05) is 55.4 Å². The normalized spacial score (nSPS) is 33.6. The maximum Gasteiger partial charge on any atom is 0.175 e. The molecule has 3 saturated carbocycles. The van der Waals surface area contributed by atoms with Gasteiger partial charge in [0.2, 0.25) is 0 Å². The Bertz CT molecular complexity index is 1850. The summed E-state index contributed by atoms with van der Waals surface area (Å²) in [6.07, 6.45) is 9.51. The number of hydrogen-bond acceptors (Lipinski definition) is 6. The van der Waals surface area contributed by atoms with Crippen LogP contribution < -0.4 is 0 Å². The van der Waals surface area contributed by atoms with Gasteiger partial charge in [0, 0.05) is 17.0 Å². The van der Waals surface area contributed by atoms with Crippen molar-refractivity contribution >= 4 is 34.4 Å². The smallest absolute Gasteiger partial charge is 0.175 e. The molecule has 0 spiro atoms. The molecule has 6 nitrogen and oxygen atoms in total. The van der Waals surface area contributed by atoms with Crippen LogP contribution in [0.5, 0.6) is 0 Å². The van der Waals surface area contributed by atoms with Crippen molar-refractivity contribution in [2.45, 2.75) is 69.1 Å². The summed E-state index contributed by atoms with van der Waals surface area (Å²) in [5.74, 6) is 0.116. The molecular weight excluding hydrogens is 585 g/mol. The molecule has 232 valence electrons. The van der Waals surface area contributed by atoms with E-state index in [0.29, 0.717) is 12.8 Å². The number of Topliss-reactive ketones (excluding diaryl/α,β-unsaturated/α-hetero) is 1.